The Labute approximate surface area is 127 Å². The molecule has 124 valence electrons. The van der Waals surface area contributed by atoms with Crippen LogP contribution in [0.2, 0.25) is 0 Å². The van der Waals surface area contributed by atoms with E-state index < -0.39 is 5.97 Å². The number of methoxy groups -OCH3 is 1. The number of aliphatic carboxylic acids is 1. The van der Waals surface area contributed by atoms with Gasteiger partial charge in [-0.05, 0) is 20.0 Å². The first kappa shape index (κ1) is 19.7. The number of likely N-dealkylation sites (N-methyl/N-ethyl adjacent to an activating group) is 1. The minimum absolute atomic E-state index is 0.245. The normalized spacial score (nSPS) is 11.0. The molecule has 7 nitrogen and oxygen atoms in total. The number of ether oxygens (including phenoxy) is 1. The van der Waals surface area contributed by atoms with Crippen LogP contribution >= 0.6 is 0 Å². The average Bonchev–Trinajstić information content (AvgIpc) is 2.37. The van der Waals surface area contributed by atoms with E-state index in [1.165, 1.54) is 12.0 Å². The van der Waals surface area contributed by atoms with Crippen molar-refractivity contribution >= 4 is 12.0 Å². The van der Waals surface area contributed by atoms with Crippen LogP contribution in [-0.2, 0) is 9.53 Å². The summed E-state index contributed by atoms with van der Waals surface area (Å²) in [4.78, 5) is 28.5. The quantitative estimate of drug-likeness (QED) is 0.642. The van der Waals surface area contributed by atoms with Crippen molar-refractivity contribution in [3.63, 3.8) is 0 Å². The van der Waals surface area contributed by atoms with Gasteiger partial charge in [-0.1, -0.05) is 13.8 Å². The zero-order chi connectivity index (χ0) is 16.4. The molecule has 0 saturated heterocycles. The van der Waals surface area contributed by atoms with Crippen LogP contribution in [-0.4, -0.2) is 92.3 Å². The van der Waals surface area contributed by atoms with Crippen LogP contribution in [0.25, 0.3) is 0 Å². The molecule has 0 aromatic carbocycles. The van der Waals surface area contributed by atoms with E-state index in [-0.39, 0.29) is 19.1 Å². The first-order valence-corrected chi connectivity index (χ1v) is 7.17. The van der Waals surface area contributed by atoms with Crippen molar-refractivity contribution < 1.29 is 19.4 Å². The van der Waals surface area contributed by atoms with Gasteiger partial charge in [0, 0.05) is 33.3 Å². The third-order valence-electron chi connectivity index (χ3n) is 2.84. The number of nitrogens with zero attached hydrogens (tertiary/aromatic N) is 3. The third kappa shape index (κ3) is 9.25. The Hall–Kier alpha value is -1.34. The number of rotatable bonds is 10. The van der Waals surface area contributed by atoms with Crippen LogP contribution in [0.15, 0.2) is 0 Å². The molecular weight excluding hydrogens is 274 g/mol. The number of hydrogen-bond donors (Lipinski definition) is 1. The molecule has 2 amide bonds. The highest BCUT2D eigenvalue weighted by Gasteiger charge is 2.23. The lowest BCUT2D eigenvalue weighted by molar-refractivity contribution is -0.137. The Morgan fingerprint density at radius 1 is 1.10 bits per heavy atom. The van der Waals surface area contributed by atoms with E-state index in [1.54, 1.807) is 4.90 Å². The Kier molecular flexibility index (Phi) is 9.73. The summed E-state index contributed by atoms with van der Waals surface area (Å²) < 4.78 is 4.95. The second kappa shape index (κ2) is 10.4. The van der Waals surface area contributed by atoms with Gasteiger partial charge in [0.15, 0.2) is 0 Å². The lowest BCUT2D eigenvalue weighted by atomic mass is 10.2. The van der Waals surface area contributed by atoms with Gasteiger partial charge in [0.05, 0.1) is 6.61 Å². The van der Waals surface area contributed by atoms with E-state index in [4.69, 9.17) is 9.84 Å². The molecule has 0 aliphatic rings. The Bertz CT molecular complexity index is 321. The fraction of sp³-hybridized carbons (Fsp3) is 0.857. The molecule has 7 heteroatoms. The lowest BCUT2D eigenvalue weighted by Gasteiger charge is -2.31. The van der Waals surface area contributed by atoms with Crippen LogP contribution in [0.1, 0.15) is 13.8 Å². The Balaban J connectivity index is 4.84. The topological polar surface area (TPSA) is 73.3 Å². The van der Waals surface area contributed by atoms with Gasteiger partial charge >= 0.3 is 12.0 Å². The zero-order valence-corrected chi connectivity index (χ0v) is 13.8. The maximum atomic E-state index is 12.5. The Morgan fingerprint density at radius 2 is 1.71 bits per heavy atom. The number of carbonyl (C=O) groups excluding carboxylic acids is 1. The van der Waals surface area contributed by atoms with Crippen LogP contribution in [0, 0.1) is 5.92 Å². The molecule has 0 spiro atoms. The summed E-state index contributed by atoms with van der Waals surface area (Å²) in [6.07, 6.45) is 0. The molecule has 1 N–H and O–H groups in total. The third-order valence-corrected chi connectivity index (χ3v) is 2.84. The molecule has 0 aromatic rings. The highest BCUT2D eigenvalue weighted by molar-refractivity contribution is 5.80. The van der Waals surface area contributed by atoms with Crippen molar-refractivity contribution in [2.45, 2.75) is 13.8 Å². The molecule has 0 fully saturated rings. The van der Waals surface area contributed by atoms with Crippen LogP contribution in [0.4, 0.5) is 4.79 Å². The molecule has 0 bridgehead atoms. The smallest absolute Gasteiger partial charge is 0.323 e. The van der Waals surface area contributed by atoms with Crippen molar-refractivity contribution in [1.29, 1.82) is 0 Å². The predicted octanol–water partition coefficient (Wildman–Crippen LogP) is 0.659. The van der Waals surface area contributed by atoms with E-state index in [2.05, 4.69) is 0 Å². The summed E-state index contributed by atoms with van der Waals surface area (Å²) in [5.74, 6) is -0.693. The van der Waals surface area contributed by atoms with Crippen molar-refractivity contribution in [3.05, 3.63) is 0 Å². The second-order valence-corrected chi connectivity index (χ2v) is 5.73. The summed E-state index contributed by atoms with van der Waals surface area (Å²) in [5, 5.41) is 8.95. The standard InChI is InChI=1S/C14H29N3O4/c1-12(2)10-16(7-6-15(3)4)14(20)17(8-9-21-5)11-13(18)19/h12H,6-11H2,1-5H3,(H,18,19). The van der Waals surface area contributed by atoms with E-state index in [0.717, 1.165) is 6.54 Å². The highest BCUT2D eigenvalue weighted by Crippen LogP contribution is 2.05. The summed E-state index contributed by atoms with van der Waals surface area (Å²) in [7, 11) is 5.41. The molecule has 21 heavy (non-hydrogen) atoms. The second-order valence-electron chi connectivity index (χ2n) is 5.73. The van der Waals surface area contributed by atoms with Crippen molar-refractivity contribution in [2.75, 3.05) is 60.5 Å². The first-order valence-electron chi connectivity index (χ1n) is 7.17. The van der Waals surface area contributed by atoms with E-state index in [0.29, 0.717) is 25.6 Å². The molecule has 0 rings (SSSR count). The fourth-order valence-electron chi connectivity index (χ4n) is 1.83. The number of carboxylic acids is 1. The minimum atomic E-state index is -1.02. The molecule has 0 aliphatic heterocycles. The van der Waals surface area contributed by atoms with E-state index >= 15 is 0 Å². The van der Waals surface area contributed by atoms with E-state index in [9.17, 15) is 9.59 Å². The molecule has 0 saturated carbocycles. The van der Waals surface area contributed by atoms with Gasteiger partial charge in [-0.2, -0.15) is 0 Å². The Morgan fingerprint density at radius 3 is 2.14 bits per heavy atom. The highest BCUT2D eigenvalue weighted by atomic mass is 16.5. The molecule has 0 radical (unpaired) electrons. The van der Waals surface area contributed by atoms with Gasteiger partial charge in [0.25, 0.3) is 0 Å². The van der Waals surface area contributed by atoms with Crippen molar-refractivity contribution in [1.82, 2.24) is 14.7 Å². The van der Waals surface area contributed by atoms with E-state index in [1.807, 2.05) is 32.8 Å². The predicted molar refractivity (Wildman–Crippen MR) is 81.4 cm³/mol. The van der Waals surface area contributed by atoms with Gasteiger partial charge in [-0.15, -0.1) is 0 Å². The molecule has 0 atom stereocenters. The summed E-state index contributed by atoms with van der Waals surface area (Å²) in [6.45, 7) is 6.28. The monoisotopic (exact) mass is 303 g/mol. The van der Waals surface area contributed by atoms with Gasteiger partial charge in [-0.25, -0.2) is 4.79 Å². The maximum absolute atomic E-state index is 12.5. The summed E-state index contributed by atoms with van der Waals surface area (Å²) >= 11 is 0. The minimum Gasteiger partial charge on any atom is -0.480 e. The first-order chi connectivity index (χ1) is 9.77. The molecule has 0 aromatic heterocycles. The largest absolute Gasteiger partial charge is 0.480 e. The molecule has 0 heterocycles. The number of amides is 2. The van der Waals surface area contributed by atoms with Gasteiger partial charge in [-0.3, -0.25) is 4.79 Å². The van der Waals surface area contributed by atoms with Crippen molar-refractivity contribution in [3.8, 4) is 0 Å². The number of carboxylic acid groups (broad SMARTS) is 1. The molecule has 0 unspecified atom stereocenters. The SMILES string of the molecule is COCCN(CC(=O)O)C(=O)N(CCN(C)C)CC(C)C. The maximum Gasteiger partial charge on any atom is 0.323 e. The van der Waals surface area contributed by atoms with Crippen LogP contribution < -0.4 is 0 Å². The number of hydrogen-bond acceptors (Lipinski definition) is 4. The van der Waals surface area contributed by atoms with Gasteiger partial charge < -0.3 is 24.5 Å². The van der Waals surface area contributed by atoms with Crippen LogP contribution in [0.5, 0.6) is 0 Å². The van der Waals surface area contributed by atoms with Crippen LogP contribution in [0.3, 0.4) is 0 Å². The number of urea groups is 1. The fourth-order valence-corrected chi connectivity index (χ4v) is 1.83. The zero-order valence-electron chi connectivity index (χ0n) is 13.8. The average molecular weight is 303 g/mol. The summed E-state index contributed by atoms with van der Waals surface area (Å²) in [6, 6.07) is -0.245. The molecular formula is C14H29N3O4. The van der Waals surface area contributed by atoms with Gasteiger partial charge in [0.1, 0.15) is 6.54 Å². The number of carbonyl (C=O) groups is 2. The lowest BCUT2D eigenvalue weighted by Crippen LogP contribution is -2.49. The summed E-state index contributed by atoms with van der Waals surface area (Å²) in [5.41, 5.74) is 0. The molecule has 0 aliphatic carbocycles. The van der Waals surface area contributed by atoms with Gasteiger partial charge in [0.2, 0.25) is 0 Å². The van der Waals surface area contributed by atoms with Crippen molar-refractivity contribution in [2.24, 2.45) is 5.92 Å².